The average molecular weight is 315 g/mol. The van der Waals surface area contributed by atoms with E-state index in [1.807, 2.05) is 48.5 Å². The molecule has 24 heavy (non-hydrogen) atoms. The van der Waals surface area contributed by atoms with Gasteiger partial charge in [0.15, 0.2) is 0 Å². The van der Waals surface area contributed by atoms with Gasteiger partial charge in [0, 0.05) is 0 Å². The lowest BCUT2D eigenvalue weighted by molar-refractivity contribution is 0.217. The van der Waals surface area contributed by atoms with Gasteiger partial charge in [0.2, 0.25) is 0 Å². The SMILES string of the molecule is N#Cc1cccc(OCCOc2ccc(-c3ccccc3)cc2)c1. The number of nitrogens with zero attached hydrogens (tertiary/aromatic N) is 1. The third-order valence-electron chi connectivity index (χ3n) is 3.55. The molecule has 0 amide bonds. The summed E-state index contributed by atoms with van der Waals surface area (Å²) >= 11 is 0. The number of ether oxygens (including phenoxy) is 2. The first kappa shape index (κ1) is 15.6. The molecule has 118 valence electrons. The molecule has 3 nitrogen and oxygen atoms in total. The molecule has 3 aromatic carbocycles. The van der Waals surface area contributed by atoms with Crippen LogP contribution in [0.3, 0.4) is 0 Å². The molecule has 3 heteroatoms. The summed E-state index contributed by atoms with van der Waals surface area (Å²) < 4.78 is 11.3. The van der Waals surface area contributed by atoms with Gasteiger partial charge >= 0.3 is 0 Å². The Kier molecular flexibility index (Phi) is 5.11. The van der Waals surface area contributed by atoms with Crippen LogP contribution < -0.4 is 9.47 Å². The van der Waals surface area contributed by atoms with Crippen molar-refractivity contribution in [2.24, 2.45) is 0 Å². The molecular formula is C21H17NO2. The maximum absolute atomic E-state index is 8.86. The number of benzene rings is 3. The van der Waals surface area contributed by atoms with E-state index in [0.717, 1.165) is 11.3 Å². The standard InChI is InChI=1S/C21H17NO2/c22-16-17-5-4-8-21(15-17)24-14-13-23-20-11-9-19(10-12-20)18-6-2-1-3-7-18/h1-12,15H,13-14H2. The highest BCUT2D eigenvalue weighted by Crippen LogP contribution is 2.22. The monoisotopic (exact) mass is 315 g/mol. The molecule has 0 radical (unpaired) electrons. The third-order valence-corrected chi connectivity index (χ3v) is 3.55. The Morgan fingerprint density at radius 2 is 1.33 bits per heavy atom. The summed E-state index contributed by atoms with van der Waals surface area (Å²) in [6.45, 7) is 0.872. The molecule has 3 aromatic rings. The van der Waals surface area contributed by atoms with Gasteiger partial charge in [0.25, 0.3) is 0 Å². The van der Waals surface area contributed by atoms with Gasteiger partial charge in [-0.3, -0.25) is 0 Å². The zero-order chi connectivity index (χ0) is 16.6. The van der Waals surface area contributed by atoms with Crippen molar-refractivity contribution in [3.63, 3.8) is 0 Å². The lowest BCUT2D eigenvalue weighted by atomic mass is 10.1. The molecule has 0 heterocycles. The fourth-order valence-electron chi connectivity index (χ4n) is 2.35. The van der Waals surface area contributed by atoms with E-state index in [2.05, 4.69) is 18.2 Å². The van der Waals surface area contributed by atoms with Crippen LogP contribution in [0, 0.1) is 11.3 Å². The zero-order valence-electron chi connectivity index (χ0n) is 13.2. The van der Waals surface area contributed by atoms with Crippen LogP contribution in [0.1, 0.15) is 5.56 Å². The van der Waals surface area contributed by atoms with Crippen LogP contribution in [0.25, 0.3) is 11.1 Å². The van der Waals surface area contributed by atoms with Crippen LogP contribution in [-0.2, 0) is 0 Å². The molecule has 0 bridgehead atoms. The summed E-state index contributed by atoms with van der Waals surface area (Å²) in [5, 5.41) is 8.86. The van der Waals surface area contributed by atoms with Crippen molar-refractivity contribution in [3.8, 4) is 28.7 Å². The van der Waals surface area contributed by atoms with Gasteiger partial charge < -0.3 is 9.47 Å². The quantitative estimate of drug-likeness (QED) is 0.620. The summed E-state index contributed by atoms with van der Waals surface area (Å²) in [7, 11) is 0. The second-order valence-electron chi connectivity index (χ2n) is 5.23. The van der Waals surface area contributed by atoms with Crippen molar-refractivity contribution < 1.29 is 9.47 Å². The van der Waals surface area contributed by atoms with E-state index in [0.29, 0.717) is 24.5 Å². The molecular weight excluding hydrogens is 298 g/mol. The normalized spacial score (nSPS) is 9.96. The van der Waals surface area contributed by atoms with Crippen molar-refractivity contribution in [1.82, 2.24) is 0 Å². The molecule has 0 fully saturated rings. The van der Waals surface area contributed by atoms with Gasteiger partial charge in [-0.1, -0.05) is 48.5 Å². The minimum Gasteiger partial charge on any atom is -0.490 e. The maximum Gasteiger partial charge on any atom is 0.122 e. The topological polar surface area (TPSA) is 42.2 Å². The van der Waals surface area contributed by atoms with Crippen molar-refractivity contribution >= 4 is 0 Å². The highest BCUT2D eigenvalue weighted by molar-refractivity contribution is 5.63. The van der Waals surface area contributed by atoms with Crippen molar-refractivity contribution in [3.05, 3.63) is 84.4 Å². The molecule has 0 spiro atoms. The summed E-state index contributed by atoms with van der Waals surface area (Å²) in [6, 6.07) is 27.4. The van der Waals surface area contributed by atoms with Gasteiger partial charge in [0.05, 0.1) is 11.6 Å². The van der Waals surface area contributed by atoms with Gasteiger partial charge in [-0.25, -0.2) is 0 Å². The van der Waals surface area contributed by atoms with Crippen molar-refractivity contribution in [1.29, 1.82) is 5.26 Å². The van der Waals surface area contributed by atoms with E-state index in [-0.39, 0.29) is 0 Å². The van der Waals surface area contributed by atoms with E-state index in [4.69, 9.17) is 14.7 Å². The minimum absolute atomic E-state index is 0.426. The fourth-order valence-corrected chi connectivity index (χ4v) is 2.35. The second-order valence-corrected chi connectivity index (χ2v) is 5.23. The lowest BCUT2D eigenvalue weighted by Gasteiger charge is -2.09. The van der Waals surface area contributed by atoms with E-state index in [1.165, 1.54) is 5.56 Å². The number of nitriles is 1. The number of hydrogen-bond donors (Lipinski definition) is 0. The van der Waals surface area contributed by atoms with E-state index in [1.54, 1.807) is 18.2 Å². The van der Waals surface area contributed by atoms with E-state index < -0.39 is 0 Å². The average Bonchev–Trinajstić information content (AvgIpc) is 2.67. The highest BCUT2D eigenvalue weighted by Gasteiger charge is 1.99. The van der Waals surface area contributed by atoms with Crippen molar-refractivity contribution in [2.75, 3.05) is 13.2 Å². The lowest BCUT2D eigenvalue weighted by Crippen LogP contribution is -2.08. The maximum atomic E-state index is 8.86. The Morgan fingerprint density at radius 3 is 2.04 bits per heavy atom. The molecule has 0 aromatic heterocycles. The molecule has 0 unspecified atom stereocenters. The molecule has 0 N–H and O–H groups in total. The molecule has 0 saturated carbocycles. The number of rotatable bonds is 6. The van der Waals surface area contributed by atoms with Gasteiger partial charge in [-0.05, 0) is 41.5 Å². The van der Waals surface area contributed by atoms with Crippen LogP contribution in [-0.4, -0.2) is 13.2 Å². The summed E-state index contributed by atoms with van der Waals surface area (Å²) in [5.74, 6) is 1.49. The summed E-state index contributed by atoms with van der Waals surface area (Å²) in [5.41, 5.74) is 2.93. The molecule has 0 aliphatic carbocycles. The Labute approximate surface area is 141 Å². The van der Waals surface area contributed by atoms with Crippen LogP contribution in [0.2, 0.25) is 0 Å². The molecule has 3 rings (SSSR count). The van der Waals surface area contributed by atoms with E-state index >= 15 is 0 Å². The summed E-state index contributed by atoms with van der Waals surface area (Å²) in [6.07, 6.45) is 0. The first-order valence-corrected chi connectivity index (χ1v) is 7.76. The Balaban J connectivity index is 1.49. The van der Waals surface area contributed by atoms with Crippen LogP contribution in [0.15, 0.2) is 78.9 Å². The van der Waals surface area contributed by atoms with Crippen LogP contribution in [0.4, 0.5) is 0 Å². The first-order valence-electron chi connectivity index (χ1n) is 7.76. The largest absolute Gasteiger partial charge is 0.490 e. The fraction of sp³-hybridized carbons (Fsp3) is 0.0952. The zero-order valence-corrected chi connectivity index (χ0v) is 13.2. The summed E-state index contributed by atoms with van der Waals surface area (Å²) in [4.78, 5) is 0. The predicted molar refractivity (Wildman–Crippen MR) is 94.0 cm³/mol. The van der Waals surface area contributed by atoms with Gasteiger partial charge in [-0.2, -0.15) is 5.26 Å². The van der Waals surface area contributed by atoms with Gasteiger partial charge in [-0.15, -0.1) is 0 Å². The van der Waals surface area contributed by atoms with Crippen LogP contribution >= 0.6 is 0 Å². The Hall–Kier alpha value is -3.25. The molecule has 0 aliphatic rings. The molecule has 0 atom stereocenters. The Morgan fingerprint density at radius 1 is 0.667 bits per heavy atom. The molecule has 0 aliphatic heterocycles. The Bertz CT molecular complexity index is 820. The van der Waals surface area contributed by atoms with Gasteiger partial charge in [0.1, 0.15) is 24.7 Å². The predicted octanol–water partition coefficient (Wildman–Crippen LogP) is 4.68. The first-order chi connectivity index (χ1) is 11.8. The van der Waals surface area contributed by atoms with E-state index in [9.17, 15) is 0 Å². The third kappa shape index (κ3) is 4.15. The highest BCUT2D eigenvalue weighted by atomic mass is 16.5. The molecule has 0 saturated heterocycles. The minimum atomic E-state index is 0.426. The smallest absolute Gasteiger partial charge is 0.122 e. The number of hydrogen-bond acceptors (Lipinski definition) is 3. The van der Waals surface area contributed by atoms with Crippen molar-refractivity contribution in [2.45, 2.75) is 0 Å². The second kappa shape index (κ2) is 7.85. The van der Waals surface area contributed by atoms with Crippen LogP contribution in [0.5, 0.6) is 11.5 Å².